The zero-order valence-corrected chi connectivity index (χ0v) is 11.5. The van der Waals surface area contributed by atoms with Gasteiger partial charge in [-0.25, -0.2) is 0 Å². The van der Waals surface area contributed by atoms with Crippen LogP contribution in [0.1, 0.15) is 25.3 Å². The number of rotatable bonds is 7. The van der Waals surface area contributed by atoms with Crippen molar-refractivity contribution < 1.29 is 14.6 Å². The molecule has 1 aliphatic carbocycles. The molecule has 1 aromatic rings. The summed E-state index contributed by atoms with van der Waals surface area (Å²) in [5, 5.41) is 8.99. The largest absolute Gasteiger partial charge is 0.497 e. The highest BCUT2D eigenvalue weighted by atomic mass is 16.5. The van der Waals surface area contributed by atoms with Crippen LogP contribution in [0, 0.1) is 0 Å². The minimum absolute atomic E-state index is 0.141. The number of benzene rings is 1. The lowest BCUT2D eigenvalue weighted by Crippen LogP contribution is -2.40. The molecule has 1 atom stereocenters. The van der Waals surface area contributed by atoms with Gasteiger partial charge in [0.2, 0.25) is 0 Å². The Balaban J connectivity index is 1.97. The molecule has 19 heavy (non-hydrogen) atoms. The Labute approximate surface area is 114 Å². The molecule has 0 aliphatic heterocycles. The van der Waals surface area contributed by atoms with E-state index in [1.165, 1.54) is 5.56 Å². The van der Waals surface area contributed by atoms with E-state index in [2.05, 4.69) is 11.8 Å². The van der Waals surface area contributed by atoms with Crippen molar-refractivity contribution in [1.29, 1.82) is 0 Å². The molecule has 0 bridgehead atoms. The Bertz CT molecular complexity index is 426. The van der Waals surface area contributed by atoms with E-state index in [1.807, 2.05) is 24.3 Å². The van der Waals surface area contributed by atoms with Crippen molar-refractivity contribution in [3.8, 4) is 5.75 Å². The molecule has 2 rings (SSSR count). The zero-order chi connectivity index (χ0) is 13.8. The number of carboxylic acids is 1. The smallest absolute Gasteiger partial charge is 0.317 e. The van der Waals surface area contributed by atoms with Gasteiger partial charge in [-0.1, -0.05) is 12.1 Å². The zero-order valence-electron chi connectivity index (χ0n) is 11.5. The van der Waals surface area contributed by atoms with Crippen LogP contribution >= 0.6 is 0 Å². The van der Waals surface area contributed by atoms with E-state index in [1.54, 1.807) is 7.11 Å². The maximum Gasteiger partial charge on any atom is 0.317 e. The minimum atomic E-state index is -0.742. The fraction of sp³-hybridized carbons (Fsp3) is 0.533. The number of hydrogen-bond acceptors (Lipinski definition) is 3. The number of carbonyl (C=O) groups is 1. The van der Waals surface area contributed by atoms with Crippen LogP contribution < -0.4 is 4.74 Å². The van der Waals surface area contributed by atoms with Crippen LogP contribution in [-0.2, 0) is 11.2 Å². The van der Waals surface area contributed by atoms with E-state index >= 15 is 0 Å². The molecule has 1 aromatic carbocycles. The summed E-state index contributed by atoms with van der Waals surface area (Å²) in [6, 6.07) is 8.69. The topological polar surface area (TPSA) is 49.8 Å². The van der Waals surface area contributed by atoms with Crippen molar-refractivity contribution in [2.75, 3.05) is 13.7 Å². The van der Waals surface area contributed by atoms with Gasteiger partial charge in [-0.2, -0.15) is 0 Å². The third-order valence-corrected chi connectivity index (χ3v) is 3.59. The fourth-order valence-corrected chi connectivity index (χ4v) is 2.43. The summed E-state index contributed by atoms with van der Waals surface area (Å²) < 4.78 is 5.13. The van der Waals surface area contributed by atoms with E-state index in [9.17, 15) is 4.79 Å². The average molecular weight is 263 g/mol. The van der Waals surface area contributed by atoms with Crippen LogP contribution in [0.15, 0.2) is 24.3 Å². The van der Waals surface area contributed by atoms with Crippen LogP contribution in [0.2, 0.25) is 0 Å². The van der Waals surface area contributed by atoms with Crippen molar-refractivity contribution in [2.24, 2.45) is 0 Å². The summed E-state index contributed by atoms with van der Waals surface area (Å²) in [6.45, 7) is 2.24. The highest BCUT2D eigenvalue weighted by Crippen LogP contribution is 2.29. The van der Waals surface area contributed by atoms with Crippen molar-refractivity contribution >= 4 is 5.97 Å². The summed E-state index contributed by atoms with van der Waals surface area (Å²) in [7, 11) is 1.65. The normalized spacial score (nSPS) is 16.4. The van der Waals surface area contributed by atoms with Crippen LogP contribution in [-0.4, -0.2) is 41.7 Å². The van der Waals surface area contributed by atoms with Gasteiger partial charge in [-0.15, -0.1) is 0 Å². The quantitative estimate of drug-likeness (QED) is 0.819. The number of ether oxygens (including phenoxy) is 1. The molecule has 1 aliphatic rings. The number of carboxylic acid groups (broad SMARTS) is 1. The second kappa shape index (κ2) is 6.06. The van der Waals surface area contributed by atoms with E-state index in [0.717, 1.165) is 25.0 Å². The third kappa shape index (κ3) is 3.96. The molecule has 0 radical (unpaired) electrons. The Morgan fingerprint density at radius 1 is 1.42 bits per heavy atom. The lowest BCUT2D eigenvalue weighted by atomic mass is 10.1. The first-order valence-corrected chi connectivity index (χ1v) is 6.70. The first-order valence-electron chi connectivity index (χ1n) is 6.70. The molecule has 0 heterocycles. The molecule has 1 fully saturated rings. The summed E-state index contributed by atoms with van der Waals surface area (Å²) in [4.78, 5) is 13.0. The van der Waals surface area contributed by atoms with E-state index < -0.39 is 5.97 Å². The van der Waals surface area contributed by atoms with Gasteiger partial charge in [0.25, 0.3) is 0 Å². The van der Waals surface area contributed by atoms with Crippen LogP contribution in [0.5, 0.6) is 5.75 Å². The van der Waals surface area contributed by atoms with Crippen molar-refractivity contribution in [3.05, 3.63) is 29.8 Å². The minimum Gasteiger partial charge on any atom is -0.497 e. The summed E-state index contributed by atoms with van der Waals surface area (Å²) in [5.41, 5.74) is 1.21. The number of hydrogen-bond donors (Lipinski definition) is 1. The van der Waals surface area contributed by atoms with Crippen molar-refractivity contribution in [1.82, 2.24) is 4.90 Å². The van der Waals surface area contributed by atoms with Crippen molar-refractivity contribution in [2.45, 2.75) is 38.3 Å². The first-order chi connectivity index (χ1) is 9.10. The highest BCUT2D eigenvalue weighted by molar-refractivity contribution is 5.69. The number of aliphatic carboxylic acids is 1. The van der Waals surface area contributed by atoms with E-state index in [-0.39, 0.29) is 12.6 Å². The predicted molar refractivity (Wildman–Crippen MR) is 73.5 cm³/mol. The standard InChI is InChI=1S/C15H21NO3/c1-11(16(10-15(17)18)13-5-6-13)9-12-3-7-14(19-2)8-4-12/h3-4,7-8,11,13H,5-6,9-10H2,1-2H3,(H,17,18). The molecule has 4 heteroatoms. The van der Waals surface area contributed by atoms with Crippen molar-refractivity contribution in [3.63, 3.8) is 0 Å². The summed E-state index contributed by atoms with van der Waals surface area (Å²) in [6.07, 6.45) is 3.12. The van der Waals surface area contributed by atoms with Crippen LogP contribution in [0.3, 0.4) is 0 Å². The van der Waals surface area contributed by atoms with Crippen LogP contribution in [0.4, 0.5) is 0 Å². The van der Waals surface area contributed by atoms with Gasteiger partial charge in [-0.3, -0.25) is 9.69 Å². The van der Waals surface area contributed by atoms with E-state index in [4.69, 9.17) is 9.84 Å². The number of nitrogens with zero attached hydrogens (tertiary/aromatic N) is 1. The Hall–Kier alpha value is -1.55. The van der Waals surface area contributed by atoms with Gasteiger partial charge >= 0.3 is 5.97 Å². The molecular formula is C15H21NO3. The average Bonchev–Trinajstić information content (AvgIpc) is 3.21. The number of methoxy groups -OCH3 is 1. The molecule has 104 valence electrons. The first kappa shape index (κ1) is 13.9. The maximum absolute atomic E-state index is 10.9. The third-order valence-electron chi connectivity index (χ3n) is 3.59. The maximum atomic E-state index is 10.9. The Kier molecular flexibility index (Phi) is 4.43. The predicted octanol–water partition coefficient (Wildman–Crippen LogP) is 2.18. The SMILES string of the molecule is COc1ccc(CC(C)N(CC(=O)O)C2CC2)cc1. The van der Waals surface area contributed by atoms with Gasteiger partial charge in [0.1, 0.15) is 5.75 Å². The monoisotopic (exact) mass is 263 g/mol. The molecule has 0 aromatic heterocycles. The van der Waals surface area contributed by atoms with Gasteiger partial charge < -0.3 is 9.84 Å². The molecule has 0 amide bonds. The lowest BCUT2D eigenvalue weighted by molar-refractivity contribution is -0.139. The second-order valence-corrected chi connectivity index (χ2v) is 5.20. The second-order valence-electron chi connectivity index (χ2n) is 5.20. The molecule has 1 saturated carbocycles. The Morgan fingerprint density at radius 2 is 2.05 bits per heavy atom. The van der Waals surface area contributed by atoms with Gasteiger partial charge in [0, 0.05) is 12.1 Å². The molecule has 1 unspecified atom stereocenters. The lowest BCUT2D eigenvalue weighted by Gasteiger charge is -2.27. The molecular weight excluding hydrogens is 242 g/mol. The Morgan fingerprint density at radius 3 is 2.53 bits per heavy atom. The summed E-state index contributed by atoms with van der Waals surface area (Å²) in [5.74, 6) is 0.106. The van der Waals surface area contributed by atoms with E-state index in [0.29, 0.717) is 6.04 Å². The molecule has 0 spiro atoms. The van der Waals surface area contributed by atoms with Gasteiger partial charge in [0.15, 0.2) is 0 Å². The molecule has 4 nitrogen and oxygen atoms in total. The van der Waals surface area contributed by atoms with Crippen LogP contribution in [0.25, 0.3) is 0 Å². The molecule has 0 saturated heterocycles. The molecule has 1 N–H and O–H groups in total. The summed E-state index contributed by atoms with van der Waals surface area (Å²) >= 11 is 0. The highest BCUT2D eigenvalue weighted by Gasteiger charge is 2.33. The van der Waals surface area contributed by atoms with Gasteiger partial charge in [-0.05, 0) is 43.9 Å². The van der Waals surface area contributed by atoms with Gasteiger partial charge in [0.05, 0.1) is 13.7 Å². The fourth-order valence-electron chi connectivity index (χ4n) is 2.43.